The number of halogens is 2. The molecule has 3 nitrogen and oxygen atoms in total. The summed E-state index contributed by atoms with van der Waals surface area (Å²) in [6, 6.07) is 2.49. The lowest BCUT2D eigenvalue weighted by Crippen LogP contribution is -2.13. The Morgan fingerprint density at radius 3 is 2.53 bits per heavy atom. The van der Waals surface area contributed by atoms with Gasteiger partial charge in [0.15, 0.2) is 11.6 Å². The Kier molecular flexibility index (Phi) is 3.24. The second-order valence-corrected chi connectivity index (χ2v) is 3.12. The number of carbonyl (C=O) groups is 1. The van der Waals surface area contributed by atoms with E-state index in [1.807, 2.05) is 0 Å². The van der Waals surface area contributed by atoms with Crippen LogP contribution in [0.1, 0.15) is 18.4 Å². The molecule has 15 heavy (non-hydrogen) atoms. The molecule has 0 bridgehead atoms. The van der Waals surface area contributed by atoms with Gasteiger partial charge in [-0.3, -0.25) is 4.79 Å². The lowest BCUT2D eigenvalue weighted by molar-refractivity contribution is -0.142. The average Bonchev–Trinajstić information content (AvgIpc) is 2.24. The van der Waals surface area contributed by atoms with Crippen LogP contribution in [0, 0.1) is 11.6 Å². The van der Waals surface area contributed by atoms with Crippen molar-refractivity contribution in [1.29, 1.82) is 0 Å². The second-order valence-electron chi connectivity index (χ2n) is 3.12. The second kappa shape index (κ2) is 4.25. The molecule has 1 unspecified atom stereocenters. The smallest absolute Gasteiger partial charge is 0.312 e. The summed E-state index contributed by atoms with van der Waals surface area (Å²) in [4.78, 5) is 11.1. The summed E-state index contributed by atoms with van der Waals surface area (Å²) in [5, 5.41) is 0. The van der Waals surface area contributed by atoms with Gasteiger partial charge in [0.2, 0.25) is 0 Å². The number of rotatable bonds is 2. The van der Waals surface area contributed by atoms with Crippen molar-refractivity contribution in [1.82, 2.24) is 0 Å². The van der Waals surface area contributed by atoms with Crippen molar-refractivity contribution >= 4 is 11.7 Å². The maximum atomic E-state index is 13.3. The van der Waals surface area contributed by atoms with E-state index in [1.54, 1.807) is 0 Å². The summed E-state index contributed by atoms with van der Waals surface area (Å²) in [6.45, 7) is 1.43. The minimum atomic E-state index is -1.14. The quantitative estimate of drug-likeness (QED) is 0.604. The summed E-state index contributed by atoms with van der Waals surface area (Å²) >= 11 is 0. The van der Waals surface area contributed by atoms with Crippen molar-refractivity contribution in [2.45, 2.75) is 12.8 Å². The predicted octanol–water partition coefficient (Wildman–Crippen LogP) is 1.82. The van der Waals surface area contributed by atoms with Crippen molar-refractivity contribution in [2.75, 3.05) is 12.8 Å². The summed E-state index contributed by atoms with van der Waals surface area (Å²) < 4.78 is 30.8. The lowest BCUT2D eigenvalue weighted by atomic mass is 10.00. The van der Waals surface area contributed by atoms with E-state index in [4.69, 9.17) is 5.73 Å². The number of ether oxygens (including phenoxy) is 1. The fourth-order valence-corrected chi connectivity index (χ4v) is 1.22. The number of nitrogens with two attached hydrogens (primary N) is 1. The third-order valence-corrected chi connectivity index (χ3v) is 2.16. The van der Waals surface area contributed by atoms with Crippen LogP contribution in [0.5, 0.6) is 0 Å². The van der Waals surface area contributed by atoms with E-state index in [1.165, 1.54) is 26.2 Å². The summed E-state index contributed by atoms with van der Waals surface area (Å²) in [7, 11) is 1.18. The first kappa shape index (κ1) is 11.4. The van der Waals surface area contributed by atoms with Crippen molar-refractivity contribution < 1.29 is 18.3 Å². The van der Waals surface area contributed by atoms with Gasteiger partial charge in [-0.05, 0) is 13.0 Å². The van der Waals surface area contributed by atoms with E-state index < -0.39 is 23.5 Å². The molecule has 1 rings (SSSR count). The minimum absolute atomic E-state index is 0.0615. The Morgan fingerprint density at radius 2 is 2.00 bits per heavy atom. The topological polar surface area (TPSA) is 52.3 Å². The van der Waals surface area contributed by atoms with Gasteiger partial charge in [0.25, 0.3) is 0 Å². The molecule has 0 spiro atoms. The monoisotopic (exact) mass is 215 g/mol. The van der Waals surface area contributed by atoms with Crippen LogP contribution >= 0.6 is 0 Å². The minimum Gasteiger partial charge on any atom is -0.469 e. The maximum Gasteiger partial charge on any atom is 0.312 e. The molecule has 2 N–H and O–H groups in total. The molecule has 1 aromatic carbocycles. The van der Waals surface area contributed by atoms with E-state index in [0.29, 0.717) is 0 Å². The summed E-state index contributed by atoms with van der Waals surface area (Å²) in [5.41, 5.74) is 4.82. The fraction of sp³-hybridized carbons (Fsp3) is 0.300. The van der Waals surface area contributed by atoms with Crippen molar-refractivity contribution in [3.05, 3.63) is 29.3 Å². The summed E-state index contributed by atoms with van der Waals surface area (Å²) in [6.07, 6.45) is 0. The van der Waals surface area contributed by atoms with Gasteiger partial charge in [-0.15, -0.1) is 0 Å². The lowest BCUT2D eigenvalue weighted by Gasteiger charge is -2.11. The van der Waals surface area contributed by atoms with Crippen LogP contribution in [0.2, 0.25) is 0 Å². The van der Waals surface area contributed by atoms with Gasteiger partial charge in [0.05, 0.1) is 18.7 Å². The molecule has 0 heterocycles. The number of anilines is 1. The first-order valence-electron chi connectivity index (χ1n) is 4.30. The third kappa shape index (κ3) is 2.06. The van der Waals surface area contributed by atoms with Crippen molar-refractivity contribution in [2.24, 2.45) is 0 Å². The van der Waals surface area contributed by atoms with Crippen LogP contribution in [0.15, 0.2) is 12.1 Å². The molecule has 82 valence electrons. The zero-order valence-corrected chi connectivity index (χ0v) is 8.38. The van der Waals surface area contributed by atoms with Crippen LogP contribution in [-0.2, 0) is 9.53 Å². The molecular weight excluding hydrogens is 204 g/mol. The van der Waals surface area contributed by atoms with E-state index in [-0.39, 0.29) is 11.3 Å². The maximum absolute atomic E-state index is 13.3. The highest BCUT2D eigenvalue weighted by atomic mass is 19.2. The molecule has 0 radical (unpaired) electrons. The van der Waals surface area contributed by atoms with Gasteiger partial charge in [-0.25, -0.2) is 8.78 Å². The Hall–Kier alpha value is -1.65. The fourth-order valence-electron chi connectivity index (χ4n) is 1.22. The Bertz CT molecular complexity index is 393. The summed E-state index contributed by atoms with van der Waals surface area (Å²) in [5.74, 6) is -3.72. The molecule has 1 atom stereocenters. The molecule has 5 heteroatoms. The molecule has 0 amide bonds. The number of carbonyl (C=O) groups excluding carboxylic acids is 1. The number of methoxy groups -OCH3 is 1. The number of esters is 1. The van der Waals surface area contributed by atoms with Gasteiger partial charge in [-0.2, -0.15) is 0 Å². The average molecular weight is 215 g/mol. The predicted molar refractivity (Wildman–Crippen MR) is 51.2 cm³/mol. The number of hydrogen-bond acceptors (Lipinski definition) is 3. The van der Waals surface area contributed by atoms with E-state index in [0.717, 1.165) is 0 Å². The van der Waals surface area contributed by atoms with E-state index >= 15 is 0 Å². The van der Waals surface area contributed by atoms with Crippen LogP contribution in [0.25, 0.3) is 0 Å². The normalized spacial score (nSPS) is 12.3. The molecule has 0 fully saturated rings. The molecule has 0 aromatic heterocycles. The van der Waals surface area contributed by atoms with Crippen molar-refractivity contribution in [3.63, 3.8) is 0 Å². The standard InChI is InChI=1S/C10H11F2NO2/c1-5(10(14)15-2)6-3-4-7(13)9(12)8(6)11/h3-5H,13H2,1-2H3. The van der Waals surface area contributed by atoms with Gasteiger partial charge >= 0.3 is 5.97 Å². The molecule has 1 aromatic rings. The van der Waals surface area contributed by atoms with Crippen LogP contribution in [0.3, 0.4) is 0 Å². The Morgan fingerprint density at radius 1 is 1.40 bits per heavy atom. The molecule has 0 aliphatic carbocycles. The zero-order chi connectivity index (χ0) is 11.6. The zero-order valence-electron chi connectivity index (χ0n) is 8.38. The first-order chi connectivity index (χ1) is 6.99. The van der Waals surface area contributed by atoms with Crippen LogP contribution in [-0.4, -0.2) is 13.1 Å². The van der Waals surface area contributed by atoms with Gasteiger partial charge in [0.1, 0.15) is 0 Å². The number of benzene rings is 1. The number of nitrogen functional groups attached to an aromatic ring is 1. The third-order valence-electron chi connectivity index (χ3n) is 2.16. The first-order valence-corrected chi connectivity index (χ1v) is 4.30. The Balaban J connectivity index is 3.16. The molecule has 0 aliphatic heterocycles. The molecule has 0 saturated carbocycles. The molecule has 0 saturated heterocycles. The number of hydrogen-bond donors (Lipinski definition) is 1. The van der Waals surface area contributed by atoms with Crippen LogP contribution < -0.4 is 5.73 Å². The largest absolute Gasteiger partial charge is 0.469 e. The highest BCUT2D eigenvalue weighted by molar-refractivity contribution is 5.77. The van der Waals surface area contributed by atoms with Crippen LogP contribution in [0.4, 0.5) is 14.5 Å². The molecule has 0 aliphatic rings. The van der Waals surface area contributed by atoms with E-state index in [9.17, 15) is 13.6 Å². The van der Waals surface area contributed by atoms with Gasteiger partial charge < -0.3 is 10.5 Å². The van der Waals surface area contributed by atoms with Gasteiger partial charge in [-0.1, -0.05) is 6.07 Å². The SMILES string of the molecule is COC(=O)C(C)c1ccc(N)c(F)c1F. The molecular formula is C10H11F2NO2. The van der Waals surface area contributed by atoms with E-state index in [2.05, 4.69) is 4.74 Å². The van der Waals surface area contributed by atoms with Gasteiger partial charge in [0, 0.05) is 5.56 Å². The Labute approximate surface area is 85.8 Å². The highest BCUT2D eigenvalue weighted by Crippen LogP contribution is 2.25. The highest BCUT2D eigenvalue weighted by Gasteiger charge is 2.22. The van der Waals surface area contributed by atoms with Crippen molar-refractivity contribution in [3.8, 4) is 0 Å².